The molecule has 33 heavy (non-hydrogen) atoms. The molecule has 1 N–H and O–H groups in total. The van der Waals surface area contributed by atoms with Gasteiger partial charge in [0.15, 0.2) is 6.61 Å². The third-order valence-corrected chi connectivity index (χ3v) is 6.08. The Morgan fingerprint density at radius 3 is 2.45 bits per heavy atom. The number of ether oxygens (including phenoxy) is 2. The average molecular weight is 453 g/mol. The second kappa shape index (κ2) is 11.0. The van der Waals surface area contributed by atoms with Crippen molar-refractivity contribution in [1.29, 1.82) is 0 Å². The van der Waals surface area contributed by atoms with Crippen LogP contribution < -0.4 is 10.1 Å². The van der Waals surface area contributed by atoms with Crippen molar-refractivity contribution in [1.82, 2.24) is 4.90 Å². The van der Waals surface area contributed by atoms with E-state index >= 15 is 0 Å². The van der Waals surface area contributed by atoms with E-state index in [9.17, 15) is 14.4 Å². The van der Waals surface area contributed by atoms with Gasteiger partial charge in [-0.25, -0.2) is 0 Å². The van der Waals surface area contributed by atoms with E-state index in [1.165, 1.54) is 0 Å². The second-order valence-corrected chi connectivity index (χ2v) is 8.42. The second-order valence-electron chi connectivity index (χ2n) is 8.42. The molecule has 0 radical (unpaired) electrons. The molecule has 3 rings (SSSR count). The molecule has 2 atom stereocenters. The summed E-state index contributed by atoms with van der Waals surface area (Å²) in [6.07, 6.45) is 1.85. The number of amides is 2. The number of unbranched alkanes of at least 4 members (excludes halogenated alkanes) is 1. The first-order chi connectivity index (χ1) is 15.8. The zero-order valence-electron chi connectivity index (χ0n) is 19.7. The van der Waals surface area contributed by atoms with E-state index in [0.29, 0.717) is 18.0 Å². The van der Waals surface area contributed by atoms with Crippen LogP contribution in [0.25, 0.3) is 0 Å². The van der Waals surface area contributed by atoms with Gasteiger partial charge in [-0.15, -0.1) is 0 Å². The smallest absolute Gasteiger partial charge is 0.312 e. The lowest BCUT2D eigenvalue weighted by Crippen LogP contribution is -2.32. The summed E-state index contributed by atoms with van der Waals surface area (Å²) >= 11 is 0. The van der Waals surface area contributed by atoms with Crippen LogP contribution in [0.4, 0.5) is 5.69 Å². The predicted molar refractivity (Wildman–Crippen MR) is 126 cm³/mol. The minimum Gasteiger partial charge on any atom is -0.497 e. The summed E-state index contributed by atoms with van der Waals surface area (Å²) in [6.45, 7) is 6.19. The van der Waals surface area contributed by atoms with E-state index in [2.05, 4.69) is 12.2 Å². The first kappa shape index (κ1) is 24.3. The molecular formula is C26H32N2O5. The standard InChI is InChI=1S/C26H32N2O5/c1-5-6-13-28-24(30)15-22(25(28)19-8-11-21(32-4)12-9-19)26(31)33-16-23(29)27-20-10-7-17(2)18(3)14-20/h7-12,14,22,25H,5-6,13,15-16H2,1-4H3,(H,27,29)/t22-,25-/m1/s1. The number of likely N-dealkylation sites (tertiary alicyclic amines) is 1. The number of nitrogens with zero attached hydrogens (tertiary/aromatic N) is 1. The van der Waals surface area contributed by atoms with Gasteiger partial charge in [0.25, 0.3) is 5.91 Å². The van der Waals surface area contributed by atoms with Crippen molar-refractivity contribution < 1.29 is 23.9 Å². The first-order valence-corrected chi connectivity index (χ1v) is 11.3. The fourth-order valence-corrected chi connectivity index (χ4v) is 4.07. The Bertz CT molecular complexity index is 1000. The quantitative estimate of drug-likeness (QED) is 0.577. The van der Waals surface area contributed by atoms with Crippen LogP contribution in [0.15, 0.2) is 42.5 Å². The SMILES string of the molecule is CCCCN1C(=O)C[C@@H](C(=O)OCC(=O)Nc2ccc(C)c(C)c2)[C@H]1c1ccc(OC)cc1. The minimum atomic E-state index is -0.669. The molecule has 2 aromatic carbocycles. The summed E-state index contributed by atoms with van der Waals surface area (Å²) in [5.41, 5.74) is 3.68. The normalized spacial score (nSPS) is 17.7. The van der Waals surface area contributed by atoms with Crippen LogP contribution >= 0.6 is 0 Å². The molecule has 0 spiro atoms. The van der Waals surface area contributed by atoms with Crippen molar-refractivity contribution in [2.75, 3.05) is 25.6 Å². The van der Waals surface area contributed by atoms with Gasteiger partial charge in [0.05, 0.1) is 19.1 Å². The topological polar surface area (TPSA) is 84.9 Å². The number of carbonyl (C=O) groups is 3. The summed E-state index contributed by atoms with van der Waals surface area (Å²) in [7, 11) is 1.59. The van der Waals surface area contributed by atoms with Crippen molar-refractivity contribution in [3.63, 3.8) is 0 Å². The van der Waals surface area contributed by atoms with Gasteiger partial charge in [0, 0.05) is 18.7 Å². The number of hydrogen-bond acceptors (Lipinski definition) is 5. The molecule has 176 valence electrons. The fraction of sp³-hybridized carbons (Fsp3) is 0.423. The average Bonchev–Trinajstić information content (AvgIpc) is 3.14. The van der Waals surface area contributed by atoms with Gasteiger partial charge in [-0.05, 0) is 61.2 Å². The maximum atomic E-state index is 13.0. The molecule has 1 aliphatic rings. The largest absolute Gasteiger partial charge is 0.497 e. The minimum absolute atomic E-state index is 0.0675. The van der Waals surface area contributed by atoms with Gasteiger partial charge >= 0.3 is 5.97 Å². The van der Waals surface area contributed by atoms with E-state index in [0.717, 1.165) is 29.5 Å². The summed E-state index contributed by atoms with van der Waals surface area (Å²) in [6, 6.07) is 12.5. The molecule has 7 heteroatoms. The van der Waals surface area contributed by atoms with Crippen LogP contribution in [0.5, 0.6) is 5.75 Å². The first-order valence-electron chi connectivity index (χ1n) is 11.3. The number of methoxy groups -OCH3 is 1. The molecule has 2 aromatic rings. The van der Waals surface area contributed by atoms with Crippen molar-refractivity contribution in [2.45, 2.75) is 46.1 Å². The molecule has 1 fully saturated rings. The summed E-state index contributed by atoms with van der Waals surface area (Å²) in [5, 5.41) is 2.75. The molecule has 1 aliphatic heterocycles. The fourth-order valence-electron chi connectivity index (χ4n) is 4.07. The van der Waals surface area contributed by atoms with E-state index in [1.54, 1.807) is 12.0 Å². The van der Waals surface area contributed by atoms with E-state index in [-0.39, 0.29) is 12.3 Å². The number of hydrogen-bond donors (Lipinski definition) is 1. The number of anilines is 1. The number of benzene rings is 2. The maximum absolute atomic E-state index is 13.0. The Balaban J connectivity index is 1.69. The monoisotopic (exact) mass is 452 g/mol. The van der Waals surface area contributed by atoms with Crippen LogP contribution in [0.2, 0.25) is 0 Å². The zero-order chi connectivity index (χ0) is 24.0. The Kier molecular flexibility index (Phi) is 8.09. The van der Waals surface area contributed by atoms with Crippen molar-refractivity contribution >= 4 is 23.5 Å². The van der Waals surface area contributed by atoms with Crippen LogP contribution in [0, 0.1) is 19.8 Å². The zero-order valence-corrected chi connectivity index (χ0v) is 19.7. The molecule has 7 nitrogen and oxygen atoms in total. The van der Waals surface area contributed by atoms with E-state index < -0.39 is 30.4 Å². The lowest BCUT2D eigenvalue weighted by molar-refractivity contribution is -0.152. The molecule has 2 amide bonds. The predicted octanol–water partition coefficient (Wildman–Crippen LogP) is 4.18. The van der Waals surface area contributed by atoms with E-state index in [4.69, 9.17) is 9.47 Å². The number of aryl methyl sites for hydroxylation is 2. The molecule has 0 aromatic heterocycles. The number of nitrogens with one attached hydrogen (secondary N) is 1. The molecule has 0 aliphatic carbocycles. The Morgan fingerprint density at radius 2 is 1.82 bits per heavy atom. The number of rotatable bonds is 9. The highest BCUT2D eigenvalue weighted by atomic mass is 16.5. The molecule has 1 saturated heterocycles. The molecule has 0 saturated carbocycles. The lowest BCUT2D eigenvalue weighted by atomic mass is 9.93. The van der Waals surface area contributed by atoms with Gasteiger partial charge < -0.3 is 19.7 Å². The van der Waals surface area contributed by atoms with Gasteiger partial charge in [0.1, 0.15) is 5.75 Å². The Morgan fingerprint density at radius 1 is 1.09 bits per heavy atom. The van der Waals surface area contributed by atoms with Crippen molar-refractivity contribution in [2.24, 2.45) is 5.92 Å². The van der Waals surface area contributed by atoms with Crippen molar-refractivity contribution in [3.8, 4) is 5.75 Å². The Hall–Kier alpha value is -3.35. The van der Waals surface area contributed by atoms with Crippen LogP contribution in [0.3, 0.4) is 0 Å². The third-order valence-electron chi connectivity index (χ3n) is 6.08. The summed E-state index contributed by atoms with van der Waals surface area (Å²) < 4.78 is 10.6. The maximum Gasteiger partial charge on any atom is 0.312 e. The summed E-state index contributed by atoms with van der Waals surface area (Å²) in [5.74, 6) is -1.01. The van der Waals surface area contributed by atoms with Gasteiger partial charge in [0.2, 0.25) is 5.91 Å². The summed E-state index contributed by atoms with van der Waals surface area (Å²) in [4.78, 5) is 39.8. The van der Waals surface area contributed by atoms with Crippen LogP contribution in [-0.2, 0) is 19.1 Å². The van der Waals surface area contributed by atoms with Crippen LogP contribution in [-0.4, -0.2) is 42.9 Å². The van der Waals surface area contributed by atoms with Gasteiger partial charge in [-0.1, -0.05) is 31.5 Å². The van der Waals surface area contributed by atoms with Crippen LogP contribution in [0.1, 0.15) is 48.9 Å². The lowest BCUT2D eigenvalue weighted by Gasteiger charge is -2.28. The Labute approximate surface area is 195 Å². The highest BCUT2D eigenvalue weighted by molar-refractivity contribution is 5.94. The van der Waals surface area contributed by atoms with Crippen molar-refractivity contribution in [3.05, 3.63) is 59.2 Å². The molecule has 0 unspecified atom stereocenters. The van der Waals surface area contributed by atoms with E-state index in [1.807, 2.05) is 56.3 Å². The molecule has 1 heterocycles. The molecular weight excluding hydrogens is 420 g/mol. The van der Waals surface area contributed by atoms with Gasteiger partial charge in [-0.2, -0.15) is 0 Å². The molecule has 0 bridgehead atoms. The number of carbonyl (C=O) groups excluding carboxylic acids is 3. The third kappa shape index (κ3) is 5.92. The van der Waals surface area contributed by atoms with Gasteiger partial charge in [-0.3, -0.25) is 14.4 Å². The number of esters is 1. The highest BCUT2D eigenvalue weighted by Crippen LogP contribution is 2.39. The highest BCUT2D eigenvalue weighted by Gasteiger charge is 2.45.